The minimum Gasteiger partial charge on any atom is -0.368 e. The molecule has 6 heteroatoms. The second kappa shape index (κ2) is 6.96. The number of aryl methyl sites for hydroxylation is 1. The Hall–Kier alpha value is -2.14. The predicted octanol–water partition coefficient (Wildman–Crippen LogP) is 2.79. The smallest absolute Gasteiger partial charge is 0.255 e. The summed E-state index contributed by atoms with van der Waals surface area (Å²) in [5.41, 5.74) is 2.63. The highest BCUT2D eigenvalue weighted by atomic mass is 35.5. The van der Waals surface area contributed by atoms with E-state index in [1.54, 1.807) is 24.8 Å². The molecule has 120 valence electrons. The van der Waals surface area contributed by atoms with Crippen LogP contribution in [0.15, 0.2) is 36.9 Å². The molecule has 0 saturated carbocycles. The summed E-state index contributed by atoms with van der Waals surface area (Å²) >= 11 is 6.23. The van der Waals surface area contributed by atoms with E-state index in [0.29, 0.717) is 17.1 Å². The Morgan fingerprint density at radius 3 is 2.78 bits per heavy atom. The number of carbonyl (C=O) groups excluding carboxylic acids is 1. The van der Waals surface area contributed by atoms with Crippen LogP contribution in [0.25, 0.3) is 0 Å². The molecule has 2 aromatic heterocycles. The van der Waals surface area contributed by atoms with Gasteiger partial charge in [-0.15, -0.1) is 0 Å². The maximum absolute atomic E-state index is 12.6. The molecule has 0 spiro atoms. The van der Waals surface area contributed by atoms with E-state index in [4.69, 9.17) is 11.6 Å². The van der Waals surface area contributed by atoms with Gasteiger partial charge in [0, 0.05) is 51.0 Å². The zero-order chi connectivity index (χ0) is 16.2. The van der Waals surface area contributed by atoms with Gasteiger partial charge >= 0.3 is 0 Å². The third-order valence-electron chi connectivity index (χ3n) is 4.00. The lowest BCUT2D eigenvalue weighted by atomic mass is 10.2. The molecule has 0 aliphatic carbocycles. The molecule has 1 aliphatic rings. The van der Waals surface area contributed by atoms with E-state index >= 15 is 0 Å². The molecular formula is C17H19ClN4O. The maximum Gasteiger partial charge on any atom is 0.255 e. The number of amides is 1. The number of halogens is 1. The summed E-state index contributed by atoms with van der Waals surface area (Å²) in [5.74, 6) is 0.0453. The molecule has 5 nitrogen and oxygen atoms in total. The van der Waals surface area contributed by atoms with Crippen molar-refractivity contribution in [2.24, 2.45) is 0 Å². The van der Waals surface area contributed by atoms with Gasteiger partial charge in [-0.3, -0.25) is 14.8 Å². The van der Waals surface area contributed by atoms with Gasteiger partial charge in [-0.2, -0.15) is 0 Å². The van der Waals surface area contributed by atoms with Crippen molar-refractivity contribution in [3.8, 4) is 0 Å². The molecule has 0 radical (unpaired) electrons. The highest BCUT2D eigenvalue weighted by molar-refractivity contribution is 6.33. The normalized spacial score (nSPS) is 15.4. The molecule has 1 amide bonds. The van der Waals surface area contributed by atoms with Crippen LogP contribution in [0.3, 0.4) is 0 Å². The molecule has 0 aromatic carbocycles. The second-order valence-electron chi connectivity index (χ2n) is 5.71. The fourth-order valence-electron chi connectivity index (χ4n) is 2.84. The molecule has 0 bridgehead atoms. The van der Waals surface area contributed by atoms with Crippen molar-refractivity contribution in [1.29, 1.82) is 0 Å². The van der Waals surface area contributed by atoms with E-state index in [1.165, 1.54) is 0 Å². The first-order valence-corrected chi connectivity index (χ1v) is 8.08. The summed E-state index contributed by atoms with van der Waals surface area (Å²) < 4.78 is 0. The quantitative estimate of drug-likeness (QED) is 0.849. The van der Waals surface area contributed by atoms with Crippen molar-refractivity contribution in [3.63, 3.8) is 0 Å². The van der Waals surface area contributed by atoms with E-state index < -0.39 is 0 Å². The van der Waals surface area contributed by atoms with E-state index in [-0.39, 0.29) is 5.91 Å². The van der Waals surface area contributed by atoms with Crippen molar-refractivity contribution in [1.82, 2.24) is 14.9 Å². The highest BCUT2D eigenvalue weighted by Gasteiger charge is 2.21. The standard InChI is InChI=1S/C17H19ClN4O/c1-13-9-14(11-20-10-13)17(23)22-6-2-5-21(7-8-22)16-3-4-19-12-15(16)18/h3-4,9-12H,2,5-8H2,1H3. The Kier molecular flexibility index (Phi) is 4.76. The summed E-state index contributed by atoms with van der Waals surface area (Å²) in [6.45, 7) is 4.99. The van der Waals surface area contributed by atoms with Gasteiger partial charge in [0.25, 0.3) is 5.91 Å². The molecule has 3 rings (SSSR count). The molecule has 0 N–H and O–H groups in total. The third-order valence-corrected chi connectivity index (χ3v) is 4.29. The highest BCUT2D eigenvalue weighted by Crippen LogP contribution is 2.25. The van der Waals surface area contributed by atoms with Crippen LogP contribution in [0.2, 0.25) is 5.02 Å². The van der Waals surface area contributed by atoms with Crippen molar-refractivity contribution in [3.05, 3.63) is 53.1 Å². The summed E-state index contributed by atoms with van der Waals surface area (Å²) in [6.07, 6.45) is 7.70. The first-order chi connectivity index (χ1) is 11.1. The van der Waals surface area contributed by atoms with Crippen molar-refractivity contribution < 1.29 is 4.79 Å². The van der Waals surface area contributed by atoms with E-state index in [2.05, 4.69) is 14.9 Å². The number of hydrogen-bond donors (Lipinski definition) is 0. The largest absolute Gasteiger partial charge is 0.368 e. The average Bonchev–Trinajstić information content (AvgIpc) is 2.80. The minimum atomic E-state index is 0.0453. The summed E-state index contributed by atoms with van der Waals surface area (Å²) in [7, 11) is 0. The van der Waals surface area contributed by atoms with Crippen LogP contribution in [0.1, 0.15) is 22.3 Å². The number of carbonyl (C=O) groups is 1. The topological polar surface area (TPSA) is 49.3 Å². The molecule has 0 atom stereocenters. The second-order valence-corrected chi connectivity index (χ2v) is 6.12. The van der Waals surface area contributed by atoms with E-state index in [1.807, 2.05) is 24.0 Å². The summed E-state index contributed by atoms with van der Waals surface area (Å²) in [4.78, 5) is 24.9. The van der Waals surface area contributed by atoms with Crippen LogP contribution in [0.4, 0.5) is 5.69 Å². The number of rotatable bonds is 2. The number of pyridine rings is 2. The molecule has 1 saturated heterocycles. The van der Waals surface area contributed by atoms with Gasteiger partial charge in [0.2, 0.25) is 0 Å². The van der Waals surface area contributed by atoms with Gasteiger partial charge in [0.1, 0.15) is 0 Å². The van der Waals surface area contributed by atoms with Gasteiger partial charge in [-0.1, -0.05) is 11.6 Å². The fraction of sp³-hybridized carbons (Fsp3) is 0.353. The molecule has 23 heavy (non-hydrogen) atoms. The maximum atomic E-state index is 12.6. The SMILES string of the molecule is Cc1cncc(C(=O)N2CCCN(c3ccncc3Cl)CC2)c1. The zero-order valence-corrected chi connectivity index (χ0v) is 13.8. The van der Waals surface area contributed by atoms with Gasteiger partial charge in [-0.25, -0.2) is 0 Å². The van der Waals surface area contributed by atoms with Gasteiger partial charge < -0.3 is 9.80 Å². The van der Waals surface area contributed by atoms with Crippen LogP contribution in [-0.2, 0) is 0 Å². The van der Waals surface area contributed by atoms with E-state index in [0.717, 1.165) is 37.3 Å². The lowest BCUT2D eigenvalue weighted by Crippen LogP contribution is -2.35. The molecule has 1 aliphatic heterocycles. The zero-order valence-electron chi connectivity index (χ0n) is 13.1. The Balaban J connectivity index is 1.71. The molecule has 3 heterocycles. The fourth-order valence-corrected chi connectivity index (χ4v) is 3.08. The van der Waals surface area contributed by atoms with Crippen LogP contribution < -0.4 is 4.90 Å². The first kappa shape index (κ1) is 15.7. The number of hydrogen-bond acceptors (Lipinski definition) is 4. The van der Waals surface area contributed by atoms with Crippen LogP contribution in [-0.4, -0.2) is 47.0 Å². The molecular weight excluding hydrogens is 312 g/mol. The third kappa shape index (κ3) is 3.62. The van der Waals surface area contributed by atoms with Crippen molar-refractivity contribution in [2.45, 2.75) is 13.3 Å². The average molecular weight is 331 g/mol. The lowest BCUT2D eigenvalue weighted by Gasteiger charge is -2.24. The number of anilines is 1. The molecule has 2 aromatic rings. The van der Waals surface area contributed by atoms with E-state index in [9.17, 15) is 4.79 Å². The van der Waals surface area contributed by atoms with Gasteiger partial charge in [0.15, 0.2) is 0 Å². The van der Waals surface area contributed by atoms with Crippen molar-refractivity contribution >= 4 is 23.2 Å². The van der Waals surface area contributed by atoms with Gasteiger partial charge in [0.05, 0.1) is 16.3 Å². The Morgan fingerprint density at radius 2 is 2.00 bits per heavy atom. The first-order valence-electron chi connectivity index (χ1n) is 7.70. The predicted molar refractivity (Wildman–Crippen MR) is 91.0 cm³/mol. The van der Waals surface area contributed by atoms with Gasteiger partial charge in [-0.05, 0) is 31.0 Å². The Morgan fingerprint density at radius 1 is 1.13 bits per heavy atom. The monoisotopic (exact) mass is 330 g/mol. The summed E-state index contributed by atoms with van der Waals surface area (Å²) in [5, 5.41) is 0.648. The van der Waals surface area contributed by atoms with Crippen molar-refractivity contribution in [2.75, 3.05) is 31.1 Å². The molecule has 1 fully saturated rings. The molecule has 0 unspecified atom stereocenters. The number of nitrogens with zero attached hydrogens (tertiary/aromatic N) is 4. The Bertz CT molecular complexity index is 706. The summed E-state index contributed by atoms with van der Waals surface area (Å²) in [6, 6.07) is 3.81. The number of aromatic nitrogens is 2. The minimum absolute atomic E-state index is 0.0453. The van der Waals surface area contributed by atoms with Crippen LogP contribution >= 0.6 is 11.6 Å². The van der Waals surface area contributed by atoms with Crippen LogP contribution in [0.5, 0.6) is 0 Å². The Labute approximate surface area is 140 Å². The van der Waals surface area contributed by atoms with Crippen LogP contribution in [0, 0.1) is 6.92 Å². The lowest BCUT2D eigenvalue weighted by molar-refractivity contribution is 0.0766.